The van der Waals surface area contributed by atoms with Crippen molar-refractivity contribution in [3.63, 3.8) is 0 Å². The van der Waals surface area contributed by atoms with Crippen LogP contribution >= 0.6 is 38.5 Å². The number of ether oxygens (including phenoxy) is 1. The number of amides is 1. The van der Waals surface area contributed by atoms with E-state index in [0.29, 0.717) is 12.3 Å². The maximum absolute atomic E-state index is 12.3. The Morgan fingerprint density at radius 1 is 1.35 bits per heavy atom. The zero-order valence-corrected chi connectivity index (χ0v) is 15.8. The number of benzene rings is 2. The lowest BCUT2D eigenvalue weighted by Crippen LogP contribution is -2.13. The fraction of sp³-hybridized carbons (Fsp3) is 0.133. The van der Waals surface area contributed by atoms with E-state index in [1.165, 1.54) is 18.2 Å². The molecule has 8 heteroatoms. The van der Waals surface area contributed by atoms with E-state index in [1.807, 2.05) is 6.07 Å². The van der Waals surface area contributed by atoms with Crippen LogP contribution in [0.15, 0.2) is 40.9 Å². The predicted octanol–water partition coefficient (Wildman–Crippen LogP) is 4.61. The molecule has 0 saturated heterocycles. The van der Waals surface area contributed by atoms with Gasteiger partial charge in [-0.3, -0.25) is 14.9 Å². The Morgan fingerprint density at radius 2 is 2.09 bits per heavy atom. The number of nitro benzene ring substituents is 1. The van der Waals surface area contributed by atoms with Crippen molar-refractivity contribution < 1.29 is 14.5 Å². The summed E-state index contributed by atoms with van der Waals surface area (Å²) in [4.78, 5) is 22.9. The summed E-state index contributed by atoms with van der Waals surface area (Å²) in [5.74, 6) is -0.274. The molecule has 0 heterocycles. The highest BCUT2D eigenvalue weighted by Gasteiger charge is 2.19. The molecular formula is C15H12BrIN2O4. The number of nitrogens with one attached hydrogen (secondary N) is 1. The number of carbonyl (C=O) groups excluding carboxylic acids is 1. The van der Waals surface area contributed by atoms with Gasteiger partial charge in [0.25, 0.3) is 5.91 Å². The van der Waals surface area contributed by atoms with Crippen LogP contribution in [0.5, 0.6) is 5.75 Å². The first-order chi connectivity index (χ1) is 10.9. The Bertz CT molecular complexity index is 767. The Kier molecular flexibility index (Phi) is 5.94. The maximum atomic E-state index is 12.3. The van der Waals surface area contributed by atoms with Crippen molar-refractivity contribution in [2.45, 2.75) is 6.92 Å². The van der Waals surface area contributed by atoms with E-state index in [0.717, 1.165) is 8.04 Å². The number of hydrogen-bond donors (Lipinski definition) is 1. The Labute approximate surface area is 154 Å². The van der Waals surface area contributed by atoms with Gasteiger partial charge in [-0.2, -0.15) is 0 Å². The third-order valence-electron chi connectivity index (χ3n) is 2.90. The lowest BCUT2D eigenvalue weighted by atomic mass is 10.1. The summed E-state index contributed by atoms with van der Waals surface area (Å²) < 4.78 is 6.96. The average Bonchev–Trinajstić information content (AvgIpc) is 2.50. The Hall–Kier alpha value is -1.68. The summed E-state index contributed by atoms with van der Waals surface area (Å²) in [7, 11) is 0. The Morgan fingerprint density at radius 3 is 2.70 bits per heavy atom. The third-order valence-corrected chi connectivity index (χ3v) is 4.28. The van der Waals surface area contributed by atoms with Gasteiger partial charge in [0.1, 0.15) is 0 Å². The molecule has 2 aromatic rings. The van der Waals surface area contributed by atoms with Crippen LogP contribution in [0, 0.1) is 13.7 Å². The van der Waals surface area contributed by atoms with Gasteiger partial charge in [-0.05, 0) is 59.8 Å². The molecule has 0 atom stereocenters. The van der Waals surface area contributed by atoms with Gasteiger partial charge in [0, 0.05) is 19.7 Å². The molecule has 2 rings (SSSR count). The van der Waals surface area contributed by atoms with Gasteiger partial charge in [-0.25, -0.2) is 0 Å². The molecule has 0 aliphatic heterocycles. The first-order valence-corrected chi connectivity index (χ1v) is 8.47. The predicted molar refractivity (Wildman–Crippen MR) is 99.1 cm³/mol. The van der Waals surface area contributed by atoms with Crippen LogP contribution in [0.3, 0.4) is 0 Å². The van der Waals surface area contributed by atoms with Gasteiger partial charge < -0.3 is 10.1 Å². The highest BCUT2D eigenvalue weighted by Crippen LogP contribution is 2.29. The van der Waals surface area contributed by atoms with Gasteiger partial charge >= 0.3 is 5.69 Å². The summed E-state index contributed by atoms with van der Waals surface area (Å²) in [6, 6.07) is 9.57. The second-order valence-electron chi connectivity index (χ2n) is 4.45. The molecule has 0 fully saturated rings. The second kappa shape index (κ2) is 7.73. The minimum absolute atomic E-state index is 0.146. The van der Waals surface area contributed by atoms with Crippen LogP contribution in [0.4, 0.5) is 11.4 Å². The van der Waals surface area contributed by atoms with E-state index in [4.69, 9.17) is 4.74 Å². The molecule has 0 saturated carbocycles. The van der Waals surface area contributed by atoms with Crippen LogP contribution in [0.1, 0.15) is 17.3 Å². The molecule has 0 radical (unpaired) electrons. The molecule has 0 spiro atoms. The zero-order chi connectivity index (χ0) is 17.0. The first-order valence-electron chi connectivity index (χ1n) is 6.60. The van der Waals surface area contributed by atoms with Gasteiger partial charge in [0.2, 0.25) is 0 Å². The molecule has 0 aliphatic rings. The van der Waals surface area contributed by atoms with E-state index < -0.39 is 10.8 Å². The number of carbonyl (C=O) groups is 1. The monoisotopic (exact) mass is 490 g/mol. The molecule has 2 aromatic carbocycles. The molecule has 23 heavy (non-hydrogen) atoms. The molecule has 0 bridgehead atoms. The number of nitrogens with zero attached hydrogens (tertiary/aromatic N) is 1. The lowest BCUT2D eigenvalue weighted by Gasteiger charge is -2.09. The van der Waals surface area contributed by atoms with E-state index in [9.17, 15) is 14.9 Å². The average molecular weight is 491 g/mol. The van der Waals surface area contributed by atoms with Crippen LogP contribution in [0.25, 0.3) is 0 Å². The smallest absolute Gasteiger partial charge is 0.311 e. The molecule has 6 nitrogen and oxygen atoms in total. The van der Waals surface area contributed by atoms with Gasteiger partial charge in [0.15, 0.2) is 5.75 Å². The lowest BCUT2D eigenvalue weighted by molar-refractivity contribution is -0.385. The van der Waals surface area contributed by atoms with Crippen LogP contribution in [-0.2, 0) is 0 Å². The Balaban J connectivity index is 2.28. The molecule has 1 amide bonds. The number of hydrogen-bond acceptors (Lipinski definition) is 4. The van der Waals surface area contributed by atoms with Crippen molar-refractivity contribution >= 4 is 55.8 Å². The molecule has 1 N–H and O–H groups in total. The topological polar surface area (TPSA) is 81.5 Å². The second-order valence-corrected chi connectivity index (χ2v) is 6.53. The van der Waals surface area contributed by atoms with Crippen molar-refractivity contribution in [2.75, 3.05) is 11.9 Å². The summed E-state index contributed by atoms with van der Waals surface area (Å²) in [6.07, 6.45) is 0. The van der Waals surface area contributed by atoms with Crippen molar-refractivity contribution in [1.82, 2.24) is 0 Å². The van der Waals surface area contributed by atoms with Crippen LogP contribution < -0.4 is 10.1 Å². The number of anilines is 1. The van der Waals surface area contributed by atoms with Crippen LogP contribution in [-0.4, -0.2) is 17.4 Å². The van der Waals surface area contributed by atoms with Crippen molar-refractivity contribution in [2.24, 2.45) is 0 Å². The summed E-state index contributed by atoms with van der Waals surface area (Å²) in [6.45, 7) is 2.04. The van der Waals surface area contributed by atoms with E-state index >= 15 is 0 Å². The highest BCUT2D eigenvalue weighted by molar-refractivity contribution is 14.1. The number of nitro groups is 1. The largest absolute Gasteiger partial charge is 0.487 e. The summed E-state index contributed by atoms with van der Waals surface area (Å²) in [5.41, 5.74) is 0.596. The fourth-order valence-corrected chi connectivity index (χ4v) is 3.30. The molecule has 0 aromatic heterocycles. The number of rotatable bonds is 5. The van der Waals surface area contributed by atoms with Crippen molar-refractivity contribution in [3.05, 3.63) is 60.1 Å². The van der Waals surface area contributed by atoms with E-state index in [1.54, 1.807) is 19.1 Å². The zero-order valence-electron chi connectivity index (χ0n) is 12.0. The summed E-state index contributed by atoms with van der Waals surface area (Å²) >= 11 is 5.45. The van der Waals surface area contributed by atoms with E-state index in [-0.39, 0.29) is 17.0 Å². The number of halogens is 2. The summed E-state index contributed by atoms with van der Waals surface area (Å²) in [5, 5.41) is 13.8. The van der Waals surface area contributed by atoms with E-state index in [2.05, 4.69) is 43.8 Å². The van der Waals surface area contributed by atoms with Crippen molar-refractivity contribution in [3.8, 4) is 5.75 Å². The molecule has 0 aliphatic carbocycles. The SMILES string of the molecule is CCOc1ccc(C(=O)Nc2ccc(Br)cc2I)cc1[N+](=O)[O-]. The standard InChI is InChI=1S/C15H12BrIN2O4/c1-2-23-14-6-3-9(7-13(14)19(21)22)15(20)18-12-5-4-10(16)8-11(12)17/h3-8H,2H2,1H3,(H,18,20). The first kappa shape index (κ1) is 17.7. The molecule has 0 unspecified atom stereocenters. The van der Waals surface area contributed by atoms with Gasteiger partial charge in [0.05, 0.1) is 17.2 Å². The molecular weight excluding hydrogens is 479 g/mol. The van der Waals surface area contributed by atoms with Gasteiger partial charge in [-0.1, -0.05) is 15.9 Å². The van der Waals surface area contributed by atoms with Crippen molar-refractivity contribution in [1.29, 1.82) is 0 Å². The fourth-order valence-electron chi connectivity index (χ4n) is 1.86. The maximum Gasteiger partial charge on any atom is 0.311 e. The van der Waals surface area contributed by atoms with Gasteiger partial charge in [-0.15, -0.1) is 0 Å². The highest BCUT2D eigenvalue weighted by atomic mass is 127. The molecule has 120 valence electrons. The third kappa shape index (κ3) is 4.41. The quantitative estimate of drug-likeness (QED) is 0.377. The normalized spacial score (nSPS) is 10.2. The minimum atomic E-state index is -0.564. The van der Waals surface area contributed by atoms with Crippen LogP contribution in [0.2, 0.25) is 0 Å². The minimum Gasteiger partial charge on any atom is -0.487 e.